The number of fused-ring (bicyclic) bond motifs is 13. The molecule has 1 spiro atoms. The number of para-hydroxylation sites is 1. The predicted molar refractivity (Wildman–Crippen MR) is 210 cm³/mol. The van der Waals surface area contributed by atoms with E-state index in [4.69, 9.17) is 18.3 Å². The lowest BCUT2D eigenvalue weighted by Crippen LogP contribution is -2.39. The molecule has 1 unspecified atom stereocenters. The van der Waals surface area contributed by atoms with E-state index in [2.05, 4.69) is 134 Å². The van der Waals surface area contributed by atoms with Gasteiger partial charge in [-0.05, 0) is 102 Å². The van der Waals surface area contributed by atoms with Gasteiger partial charge in [-0.15, -0.1) is 0 Å². The van der Waals surface area contributed by atoms with Gasteiger partial charge in [0.05, 0.1) is 5.41 Å². The third-order valence-corrected chi connectivity index (χ3v) is 12.0. The third kappa shape index (κ3) is 4.01. The lowest BCUT2D eigenvalue weighted by atomic mass is 9.60. The molecule has 0 radical (unpaired) electrons. The van der Waals surface area contributed by atoms with Gasteiger partial charge in [0.2, 0.25) is 0 Å². The molecule has 4 heterocycles. The molecule has 12 rings (SSSR count). The Hall–Kier alpha value is -6.26. The van der Waals surface area contributed by atoms with E-state index in [1.54, 1.807) is 0 Å². The number of allylic oxidation sites excluding steroid dienone is 5. The second kappa shape index (κ2) is 10.9. The van der Waals surface area contributed by atoms with Gasteiger partial charge in [-0.25, -0.2) is 0 Å². The van der Waals surface area contributed by atoms with Gasteiger partial charge in [-0.1, -0.05) is 91.0 Å². The number of hydrogen-bond donors (Lipinski definition) is 0. The zero-order valence-electron chi connectivity index (χ0n) is 29.1. The van der Waals surface area contributed by atoms with E-state index in [0.29, 0.717) is 0 Å². The molecule has 0 saturated heterocycles. The molecule has 3 aliphatic carbocycles. The summed E-state index contributed by atoms with van der Waals surface area (Å²) in [6.45, 7) is 0. The van der Waals surface area contributed by atoms with E-state index in [0.717, 1.165) is 118 Å². The second-order valence-electron chi connectivity index (χ2n) is 14.8. The van der Waals surface area contributed by atoms with E-state index < -0.39 is 5.41 Å². The van der Waals surface area contributed by atoms with Gasteiger partial charge in [-0.3, -0.25) is 0 Å². The van der Waals surface area contributed by atoms with Gasteiger partial charge in [0.25, 0.3) is 0 Å². The van der Waals surface area contributed by atoms with Crippen LogP contribution in [0.4, 0.5) is 0 Å². The summed E-state index contributed by atoms with van der Waals surface area (Å²) >= 11 is 0. The maximum Gasteiger partial charge on any atom is 0.135 e. The Labute approximate surface area is 307 Å². The van der Waals surface area contributed by atoms with Crippen molar-refractivity contribution in [2.24, 2.45) is 0 Å². The third-order valence-electron chi connectivity index (χ3n) is 12.0. The molecule has 0 fully saturated rings. The van der Waals surface area contributed by atoms with Crippen LogP contribution in [-0.4, -0.2) is 0 Å². The molecule has 53 heavy (non-hydrogen) atoms. The van der Waals surface area contributed by atoms with Crippen LogP contribution in [0.3, 0.4) is 0 Å². The van der Waals surface area contributed by atoms with Crippen molar-refractivity contribution in [2.45, 2.75) is 43.9 Å². The van der Waals surface area contributed by atoms with E-state index in [9.17, 15) is 0 Å². The van der Waals surface area contributed by atoms with Crippen LogP contribution in [0, 0.1) is 0 Å². The lowest BCUT2D eigenvalue weighted by Gasteiger charge is -2.46. The summed E-state index contributed by atoms with van der Waals surface area (Å²) in [5.74, 6) is 5.59. The molecule has 254 valence electrons. The topological polar surface area (TPSA) is 44.7 Å². The maximum atomic E-state index is 6.95. The van der Waals surface area contributed by atoms with Gasteiger partial charge in [0, 0.05) is 45.0 Å². The standard InChI is InChI=1S/C49H34O4/c1-5-17-39-33(11-1)47-31(13-9-21-43(47)50-39)29-23-25-37-45(27-29)52-41-19-7-3-15-35(41)49(37)36-16-4-8-20-42(36)53-46-28-30(24-26-38(46)49)32-14-10-22-44-48(32)34-12-2-6-18-40(34)51-44/h1,3,6-11,13-15,18-28H,2,4-5,12,16-17H2. The van der Waals surface area contributed by atoms with Gasteiger partial charge in [-0.2, -0.15) is 0 Å². The largest absolute Gasteiger partial charge is 0.460 e. The predicted octanol–water partition coefficient (Wildman–Crippen LogP) is 12.9. The number of rotatable bonds is 2. The fourth-order valence-corrected chi connectivity index (χ4v) is 9.81. The average Bonchev–Trinajstić information content (AvgIpc) is 3.79. The molecule has 0 amide bonds. The van der Waals surface area contributed by atoms with Crippen molar-refractivity contribution in [2.75, 3.05) is 0 Å². The summed E-state index contributed by atoms with van der Waals surface area (Å²) in [7, 11) is 0. The molecule has 2 aromatic heterocycles. The van der Waals surface area contributed by atoms with E-state index in [-0.39, 0.29) is 0 Å². The van der Waals surface area contributed by atoms with Crippen LogP contribution in [0.2, 0.25) is 0 Å². The first-order chi connectivity index (χ1) is 26.3. The number of furan rings is 2. The van der Waals surface area contributed by atoms with Crippen molar-refractivity contribution < 1.29 is 18.3 Å². The van der Waals surface area contributed by atoms with Gasteiger partial charge in [0.15, 0.2) is 0 Å². The monoisotopic (exact) mass is 686 g/mol. The second-order valence-corrected chi connectivity index (χ2v) is 14.8. The molecule has 5 aliphatic rings. The van der Waals surface area contributed by atoms with E-state index in [1.165, 1.54) is 33.0 Å². The Kier molecular flexibility index (Phi) is 6.02. The normalized spacial score (nSPS) is 18.9. The summed E-state index contributed by atoms with van der Waals surface area (Å²) in [4.78, 5) is 0. The Morgan fingerprint density at radius 3 is 2.04 bits per heavy atom. The summed E-state index contributed by atoms with van der Waals surface area (Å²) in [6, 6.07) is 35.0. The Morgan fingerprint density at radius 2 is 1.19 bits per heavy atom. The van der Waals surface area contributed by atoms with Crippen LogP contribution in [0.15, 0.2) is 142 Å². The highest BCUT2D eigenvalue weighted by molar-refractivity contribution is 6.02. The van der Waals surface area contributed by atoms with Crippen molar-refractivity contribution in [3.63, 3.8) is 0 Å². The average molecular weight is 687 g/mol. The Balaban J connectivity index is 1.09. The smallest absolute Gasteiger partial charge is 0.135 e. The van der Waals surface area contributed by atoms with Crippen molar-refractivity contribution in [1.82, 2.24) is 0 Å². The van der Waals surface area contributed by atoms with Crippen LogP contribution < -0.4 is 9.47 Å². The summed E-state index contributed by atoms with van der Waals surface area (Å²) in [6.07, 6.45) is 19.0. The minimum Gasteiger partial charge on any atom is -0.460 e. The first-order valence-electron chi connectivity index (χ1n) is 18.8. The van der Waals surface area contributed by atoms with Gasteiger partial charge >= 0.3 is 0 Å². The van der Waals surface area contributed by atoms with Crippen molar-refractivity contribution in [1.29, 1.82) is 0 Å². The first-order valence-corrected chi connectivity index (χ1v) is 18.8. The molecular weight excluding hydrogens is 653 g/mol. The minimum absolute atomic E-state index is 0.593. The molecule has 1 atom stereocenters. The molecule has 2 aliphatic heterocycles. The Morgan fingerprint density at radius 1 is 0.509 bits per heavy atom. The number of hydrogen-bond acceptors (Lipinski definition) is 4. The van der Waals surface area contributed by atoms with E-state index in [1.807, 2.05) is 0 Å². The molecule has 4 nitrogen and oxygen atoms in total. The molecule has 0 N–H and O–H groups in total. The highest BCUT2D eigenvalue weighted by Gasteiger charge is 2.51. The van der Waals surface area contributed by atoms with Crippen molar-refractivity contribution in [3.05, 3.63) is 172 Å². The van der Waals surface area contributed by atoms with Gasteiger partial charge < -0.3 is 18.3 Å². The molecular formula is C49H34O4. The lowest BCUT2D eigenvalue weighted by molar-refractivity contribution is 0.367. The van der Waals surface area contributed by atoms with E-state index >= 15 is 0 Å². The number of benzene rings is 5. The molecule has 0 saturated carbocycles. The van der Waals surface area contributed by atoms with Crippen LogP contribution >= 0.6 is 0 Å². The number of ether oxygens (including phenoxy) is 2. The molecule has 4 heteroatoms. The van der Waals surface area contributed by atoms with Crippen molar-refractivity contribution >= 4 is 34.1 Å². The molecule has 7 aromatic rings. The molecule has 0 bridgehead atoms. The van der Waals surface area contributed by atoms with Crippen LogP contribution in [0.5, 0.6) is 17.2 Å². The highest BCUT2D eigenvalue weighted by Crippen LogP contribution is 2.62. The fraction of sp³-hybridized carbons (Fsp3) is 0.143. The van der Waals surface area contributed by atoms with Crippen molar-refractivity contribution in [3.8, 4) is 39.5 Å². The fourth-order valence-electron chi connectivity index (χ4n) is 9.81. The number of aryl methyl sites for hydroxylation is 2. The summed E-state index contributed by atoms with van der Waals surface area (Å²) in [5.41, 5.74) is 13.0. The molecule has 5 aromatic carbocycles. The summed E-state index contributed by atoms with van der Waals surface area (Å²) < 4.78 is 26.6. The highest BCUT2D eigenvalue weighted by atomic mass is 16.5. The maximum absolute atomic E-state index is 6.95. The van der Waals surface area contributed by atoms with Gasteiger partial charge in [0.1, 0.15) is 45.7 Å². The first kappa shape index (κ1) is 29.3. The SMILES string of the molecule is C1=CC2=C(CC1)C1(c3ccc(-c4cccc5oc6c(c45)CCC=C6)cc3O2)c2ccccc2Oc2cc(-c3cccc4oc5c(c34)C=CCC5)ccc21. The van der Waals surface area contributed by atoms with Crippen LogP contribution in [-0.2, 0) is 18.3 Å². The van der Waals surface area contributed by atoms with Crippen LogP contribution in [0.1, 0.15) is 65.0 Å². The minimum atomic E-state index is -0.593. The zero-order chi connectivity index (χ0) is 34.7. The van der Waals surface area contributed by atoms with Crippen LogP contribution in [0.25, 0.3) is 56.3 Å². The zero-order valence-corrected chi connectivity index (χ0v) is 29.1. The quantitative estimate of drug-likeness (QED) is 0.182. The Bertz CT molecular complexity index is 2850. The summed E-state index contributed by atoms with van der Waals surface area (Å²) in [5, 5.41) is 2.37.